The average Bonchev–Trinajstić information content (AvgIpc) is 1.63. The van der Waals surface area contributed by atoms with Crippen LogP contribution in [0.15, 0.2) is 0 Å². The second-order valence-electron chi connectivity index (χ2n) is 0.856. The first-order valence-corrected chi connectivity index (χ1v) is 3.38. The average molecular weight is 189 g/mol. The van der Waals surface area contributed by atoms with Gasteiger partial charge in [0.25, 0.3) is 0 Å². The van der Waals surface area contributed by atoms with Crippen molar-refractivity contribution >= 4 is 43.1 Å². The lowest BCUT2D eigenvalue weighted by Gasteiger charge is -2.02. The molecular weight excluding hydrogens is 186 g/mol. The minimum Gasteiger partial charge on any atom is -0.324 e. The number of hydrogen-bond acceptors (Lipinski definition) is 5. The highest BCUT2D eigenvalue weighted by Gasteiger charge is 2.09. The van der Waals surface area contributed by atoms with E-state index < -0.39 is 17.5 Å². The van der Waals surface area contributed by atoms with Gasteiger partial charge in [0.1, 0.15) is 0 Å². The highest BCUT2D eigenvalue weighted by Crippen LogP contribution is 2.00. The zero-order chi connectivity index (χ0) is 7.44. The largest absolute Gasteiger partial charge is 0.445 e. The molecule has 0 aliphatic heterocycles. The molecule has 0 heterocycles. The van der Waals surface area contributed by atoms with Gasteiger partial charge < -0.3 is 4.18 Å². The van der Waals surface area contributed by atoms with E-state index in [0.29, 0.717) is 3.71 Å². The Morgan fingerprint density at radius 1 is 1.67 bits per heavy atom. The molecule has 0 saturated heterocycles. The molecular formula is CH3NO4S3. The molecule has 1 N–H and O–H groups in total. The van der Waals surface area contributed by atoms with Crippen LogP contribution in [0.4, 0.5) is 4.79 Å². The lowest BCUT2D eigenvalue weighted by Crippen LogP contribution is -2.14. The molecule has 0 radical (unpaired) electrons. The predicted octanol–water partition coefficient (Wildman–Crippen LogP) is 0.251. The minimum atomic E-state index is -2.61. The van der Waals surface area contributed by atoms with Crippen LogP contribution in [0.1, 0.15) is 0 Å². The highest BCUT2D eigenvalue weighted by molar-refractivity contribution is 7.94. The maximum absolute atomic E-state index is 10.2. The molecule has 0 aliphatic carbocycles. The lowest BCUT2D eigenvalue weighted by atomic mass is 11.3. The number of carbonyl (C=O) groups is 1. The van der Waals surface area contributed by atoms with Crippen molar-refractivity contribution in [1.29, 1.82) is 0 Å². The zero-order valence-electron chi connectivity index (χ0n) is 3.92. The molecule has 1 atom stereocenters. The van der Waals surface area contributed by atoms with Crippen LogP contribution >= 0.6 is 25.6 Å². The van der Waals surface area contributed by atoms with E-state index in [2.05, 4.69) is 29.8 Å². The van der Waals surface area contributed by atoms with Gasteiger partial charge in [0.2, 0.25) is 0 Å². The fraction of sp³-hybridized carbons (Fsp3) is 0. The van der Waals surface area contributed by atoms with Gasteiger partial charge in [-0.3, -0.25) is 4.55 Å². The van der Waals surface area contributed by atoms with E-state index >= 15 is 0 Å². The fourth-order valence-corrected chi connectivity index (χ4v) is 0.483. The maximum Gasteiger partial charge on any atom is 0.445 e. The molecule has 5 nitrogen and oxygen atoms in total. The van der Waals surface area contributed by atoms with Gasteiger partial charge in [-0.15, -0.1) is 0 Å². The molecule has 0 bridgehead atoms. The topological polar surface area (TPSA) is 66.8 Å². The van der Waals surface area contributed by atoms with Gasteiger partial charge in [-0.25, -0.2) is 4.79 Å². The molecule has 1 amide bonds. The third kappa shape index (κ3) is 4.58. The first kappa shape index (κ1) is 9.08. The lowest BCUT2D eigenvalue weighted by molar-refractivity contribution is 0.198. The summed E-state index contributed by atoms with van der Waals surface area (Å²) >= 11 is 4.08. The Morgan fingerprint density at radius 2 is 2.11 bits per heavy atom. The number of nitrogens with zero attached hydrogens (tertiary/aromatic N) is 1. The second-order valence-corrected chi connectivity index (χ2v) is 2.57. The molecule has 0 aromatic carbocycles. The minimum absolute atomic E-state index is 0.439. The van der Waals surface area contributed by atoms with Crippen molar-refractivity contribution in [2.45, 2.75) is 0 Å². The molecule has 0 fully saturated rings. The fourth-order valence-electron chi connectivity index (χ4n) is 0.0943. The van der Waals surface area contributed by atoms with Crippen LogP contribution in [-0.2, 0) is 15.5 Å². The van der Waals surface area contributed by atoms with Crippen LogP contribution in [0.3, 0.4) is 0 Å². The summed E-state index contributed by atoms with van der Waals surface area (Å²) in [5.41, 5.74) is 0. The summed E-state index contributed by atoms with van der Waals surface area (Å²) in [5.74, 6) is 0. The van der Waals surface area contributed by atoms with Gasteiger partial charge in [-0.1, -0.05) is 0 Å². The van der Waals surface area contributed by atoms with E-state index in [0.717, 1.165) is 0 Å². The first-order valence-electron chi connectivity index (χ1n) is 1.55. The van der Waals surface area contributed by atoms with E-state index in [-0.39, 0.29) is 0 Å². The molecule has 0 spiro atoms. The molecule has 0 aromatic heterocycles. The van der Waals surface area contributed by atoms with Crippen molar-refractivity contribution in [2.75, 3.05) is 0 Å². The maximum atomic E-state index is 10.2. The molecule has 9 heavy (non-hydrogen) atoms. The van der Waals surface area contributed by atoms with Crippen molar-refractivity contribution in [3.8, 4) is 0 Å². The van der Waals surface area contributed by atoms with Gasteiger partial charge in [0, 0.05) is 0 Å². The van der Waals surface area contributed by atoms with E-state index in [9.17, 15) is 9.00 Å². The molecule has 0 aromatic rings. The highest BCUT2D eigenvalue weighted by atomic mass is 32.2. The quantitative estimate of drug-likeness (QED) is 0.408. The first-order chi connectivity index (χ1) is 4.04. The third-order valence-electron chi connectivity index (χ3n) is 0.306. The van der Waals surface area contributed by atoms with Crippen LogP contribution in [0.25, 0.3) is 0 Å². The van der Waals surface area contributed by atoms with Gasteiger partial charge in [0.15, 0.2) is 0 Å². The van der Waals surface area contributed by atoms with E-state index in [1.54, 1.807) is 0 Å². The van der Waals surface area contributed by atoms with Crippen LogP contribution in [0.5, 0.6) is 0 Å². The standard InChI is InChI=1S/CH3NO4S3/c3-1(2(7)8)6-9(4)5/h7-8H,(H,4,5). The zero-order valence-corrected chi connectivity index (χ0v) is 6.53. The SMILES string of the molecule is O=C(OS(=O)O)N(S)S. The Balaban J connectivity index is 3.64. The van der Waals surface area contributed by atoms with Crippen molar-refractivity contribution in [3.63, 3.8) is 0 Å². The van der Waals surface area contributed by atoms with Crippen molar-refractivity contribution in [1.82, 2.24) is 3.71 Å². The molecule has 0 rings (SSSR count). The number of carbonyl (C=O) groups excluding carboxylic acids is 1. The molecule has 8 heteroatoms. The normalized spacial score (nSPS) is 12.3. The molecule has 0 saturated carbocycles. The summed E-state index contributed by atoms with van der Waals surface area (Å²) in [6.07, 6.45) is -1.11. The monoisotopic (exact) mass is 189 g/mol. The van der Waals surface area contributed by atoms with Crippen LogP contribution in [0, 0.1) is 0 Å². The van der Waals surface area contributed by atoms with Gasteiger partial charge in [0.05, 0.1) is 0 Å². The van der Waals surface area contributed by atoms with E-state index in [4.69, 9.17) is 4.55 Å². The smallest absolute Gasteiger partial charge is 0.324 e. The molecule has 0 aliphatic rings. The Kier molecular flexibility index (Phi) is 4.02. The third-order valence-corrected chi connectivity index (χ3v) is 0.918. The Bertz CT molecular complexity index is 134. The molecule has 1 unspecified atom stereocenters. The van der Waals surface area contributed by atoms with Gasteiger partial charge >= 0.3 is 17.5 Å². The van der Waals surface area contributed by atoms with Crippen LogP contribution < -0.4 is 0 Å². The summed E-state index contributed by atoms with van der Waals surface area (Å²) in [5, 5.41) is 0. The van der Waals surface area contributed by atoms with Crippen molar-refractivity contribution < 1.29 is 17.7 Å². The van der Waals surface area contributed by atoms with E-state index in [1.807, 2.05) is 0 Å². The summed E-state index contributed by atoms with van der Waals surface area (Å²) in [6.45, 7) is 0. The number of amides is 1. The summed E-state index contributed by atoms with van der Waals surface area (Å²) in [4.78, 5) is 10.2. The number of rotatable bonds is 1. The van der Waals surface area contributed by atoms with Crippen LogP contribution in [0.2, 0.25) is 0 Å². The summed E-state index contributed by atoms with van der Waals surface area (Å²) in [6, 6.07) is 0. The number of hydrogen-bond donors (Lipinski definition) is 3. The molecule has 54 valence electrons. The van der Waals surface area contributed by atoms with Crippen molar-refractivity contribution in [3.05, 3.63) is 0 Å². The summed E-state index contributed by atoms with van der Waals surface area (Å²) in [7, 11) is 0. The van der Waals surface area contributed by atoms with Gasteiger partial charge in [-0.2, -0.15) is 7.92 Å². The number of thiol groups is 2. The summed E-state index contributed by atoms with van der Waals surface area (Å²) < 4.78 is 21.7. The Hall–Kier alpha value is 0.0800. The Labute approximate surface area is 64.9 Å². The Morgan fingerprint density at radius 3 is 2.22 bits per heavy atom. The second kappa shape index (κ2) is 3.99. The van der Waals surface area contributed by atoms with E-state index in [1.165, 1.54) is 0 Å². The van der Waals surface area contributed by atoms with Gasteiger partial charge in [-0.05, 0) is 25.6 Å². The predicted molar refractivity (Wildman–Crippen MR) is 37.1 cm³/mol. The van der Waals surface area contributed by atoms with Crippen LogP contribution in [-0.4, -0.2) is 18.6 Å². The van der Waals surface area contributed by atoms with Crippen molar-refractivity contribution in [2.24, 2.45) is 0 Å².